The van der Waals surface area contributed by atoms with Crippen LogP contribution >= 0.6 is 11.3 Å². The molecule has 1 aromatic carbocycles. The average Bonchev–Trinajstić information content (AvgIpc) is 2.68. The Morgan fingerprint density at radius 1 is 1.21 bits per heavy atom. The Labute approximate surface area is 84.2 Å². The summed E-state index contributed by atoms with van der Waals surface area (Å²) in [5.41, 5.74) is 7.95. The number of rotatable bonds is 0. The number of carbonyl (C=O) groups excluding carboxylic acids is 1. The van der Waals surface area contributed by atoms with Gasteiger partial charge in [0.2, 0.25) is 5.78 Å². The molecular formula is C10H6N2OS. The molecule has 1 aromatic heterocycles. The largest absolute Gasteiger partial charge is 0.375 e. The number of fused-ring (bicyclic) bond motifs is 3. The zero-order chi connectivity index (χ0) is 9.71. The maximum absolute atomic E-state index is 11.8. The smallest absolute Gasteiger partial charge is 0.205 e. The first kappa shape index (κ1) is 7.70. The molecule has 2 N–H and O–H groups in total. The van der Waals surface area contributed by atoms with Crippen LogP contribution in [-0.2, 0) is 0 Å². The molecule has 1 heterocycles. The summed E-state index contributed by atoms with van der Waals surface area (Å²) >= 11 is 1.26. The molecule has 0 amide bonds. The molecule has 2 aromatic rings. The minimum atomic E-state index is 0.0461. The van der Waals surface area contributed by atoms with Crippen molar-refractivity contribution in [1.82, 2.24) is 4.98 Å². The minimum Gasteiger partial charge on any atom is -0.375 e. The van der Waals surface area contributed by atoms with Crippen LogP contribution in [0.1, 0.15) is 15.2 Å². The third-order valence-electron chi connectivity index (χ3n) is 2.28. The molecular weight excluding hydrogens is 196 g/mol. The summed E-state index contributed by atoms with van der Waals surface area (Å²) in [7, 11) is 0. The van der Waals surface area contributed by atoms with Gasteiger partial charge in [0.05, 0.1) is 5.69 Å². The molecule has 0 radical (unpaired) electrons. The highest BCUT2D eigenvalue weighted by molar-refractivity contribution is 7.18. The highest BCUT2D eigenvalue weighted by atomic mass is 32.1. The highest BCUT2D eigenvalue weighted by Gasteiger charge is 2.29. The number of aromatic nitrogens is 1. The second-order valence-electron chi connectivity index (χ2n) is 3.10. The fraction of sp³-hybridized carbons (Fsp3) is 0. The van der Waals surface area contributed by atoms with Crippen molar-refractivity contribution in [2.45, 2.75) is 0 Å². The molecule has 0 saturated heterocycles. The molecule has 1 aliphatic rings. The number of hydrogen-bond donors (Lipinski definition) is 1. The van der Waals surface area contributed by atoms with Gasteiger partial charge in [-0.2, -0.15) is 0 Å². The Bertz CT molecular complexity index is 545. The van der Waals surface area contributed by atoms with E-state index >= 15 is 0 Å². The van der Waals surface area contributed by atoms with Crippen molar-refractivity contribution in [3.05, 3.63) is 34.7 Å². The van der Waals surface area contributed by atoms with Gasteiger partial charge in [-0.15, -0.1) is 0 Å². The van der Waals surface area contributed by atoms with Crippen LogP contribution in [0.2, 0.25) is 0 Å². The van der Waals surface area contributed by atoms with E-state index < -0.39 is 0 Å². The molecule has 0 fully saturated rings. The molecule has 0 atom stereocenters. The van der Waals surface area contributed by atoms with E-state index in [2.05, 4.69) is 4.98 Å². The molecule has 0 unspecified atom stereocenters. The number of thiazole rings is 1. The van der Waals surface area contributed by atoms with E-state index in [1.54, 1.807) is 0 Å². The van der Waals surface area contributed by atoms with Crippen molar-refractivity contribution in [3.63, 3.8) is 0 Å². The SMILES string of the molecule is Nc1nc2c(s1)C(=O)c1ccccc1-2. The van der Waals surface area contributed by atoms with E-state index in [-0.39, 0.29) is 5.78 Å². The van der Waals surface area contributed by atoms with Crippen molar-refractivity contribution >= 4 is 22.3 Å². The summed E-state index contributed by atoms with van der Waals surface area (Å²) in [6.07, 6.45) is 0. The van der Waals surface area contributed by atoms with Crippen LogP contribution in [0.15, 0.2) is 24.3 Å². The molecule has 0 spiro atoms. The Morgan fingerprint density at radius 2 is 1.93 bits per heavy atom. The van der Waals surface area contributed by atoms with E-state index in [1.165, 1.54) is 11.3 Å². The average molecular weight is 202 g/mol. The molecule has 4 heteroatoms. The zero-order valence-corrected chi connectivity index (χ0v) is 7.97. The Hall–Kier alpha value is -1.68. The molecule has 68 valence electrons. The lowest BCUT2D eigenvalue weighted by Crippen LogP contribution is -1.92. The Kier molecular flexibility index (Phi) is 1.33. The van der Waals surface area contributed by atoms with Crippen molar-refractivity contribution in [3.8, 4) is 11.3 Å². The first-order valence-electron chi connectivity index (χ1n) is 4.18. The number of nitrogen functional groups attached to an aromatic ring is 1. The lowest BCUT2D eigenvalue weighted by Gasteiger charge is -1.94. The topological polar surface area (TPSA) is 56.0 Å². The molecule has 3 nitrogen and oxygen atoms in total. The normalized spacial score (nSPS) is 12.7. The number of nitrogens with two attached hydrogens (primary N) is 1. The van der Waals surface area contributed by atoms with Gasteiger partial charge in [-0.05, 0) is 0 Å². The van der Waals surface area contributed by atoms with E-state index in [0.29, 0.717) is 10.0 Å². The lowest BCUT2D eigenvalue weighted by molar-refractivity contribution is 0.104. The molecule has 0 aliphatic heterocycles. The molecule has 3 rings (SSSR count). The van der Waals surface area contributed by atoms with E-state index in [0.717, 1.165) is 16.8 Å². The van der Waals surface area contributed by atoms with Crippen LogP contribution in [-0.4, -0.2) is 10.8 Å². The van der Waals surface area contributed by atoms with Crippen LogP contribution < -0.4 is 5.73 Å². The maximum atomic E-state index is 11.8. The summed E-state index contributed by atoms with van der Waals surface area (Å²) in [5.74, 6) is 0.0461. The van der Waals surface area contributed by atoms with Gasteiger partial charge in [-0.1, -0.05) is 35.6 Å². The summed E-state index contributed by atoms with van der Waals surface area (Å²) < 4.78 is 0. The number of ketones is 1. The highest BCUT2D eigenvalue weighted by Crippen LogP contribution is 2.39. The first-order chi connectivity index (χ1) is 6.77. The molecule has 14 heavy (non-hydrogen) atoms. The first-order valence-corrected chi connectivity index (χ1v) is 4.99. The van der Waals surface area contributed by atoms with Crippen LogP contribution in [0, 0.1) is 0 Å². The van der Waals surface area contributed by atoms with Gasteiger partial charge in [-0.3, -0.25) is 4.79 Å². The van der Waals surface area contributed by atoms with Gasteiger partial charge in [0.1, 0.15) is 4.88 Å². The third kappa shape index (κ3) is 0.807. The third-order valence-corrected chi connectivity index (χ3v) is 3.16. The van der Waals surface area contributed by atoms with Crippen LogP contribution in [0.4, 0.5) is 5.13 Å². The summed E-state index contributed by atoms with van der Waals surface area (Å²) in [6.45, 7) is 0. The zero-order valence-electron chi connectivity index (χ0n) is 7.15. The summed E-state index contributed by atoms with van der Waals surface area (Å²) in [5, 5.41) is 0.456. The monoisotopic (exact) mass is 202 g/mol. The maximum Gasteiger partial charge on any atom is 0.205 e. The van der Waals surface area contributed by atoms with Gasteiger partial charge < -0.3 is 5.73 Å². The van der Waals surface area contributed by atoms with Gasteiger partial charge in [0.15, 0.2) is 5.13 Å². The number of anilines is 1. The quantitative estimate of drug-likeness (QED) is 0.606. The van der Waals surface area contributed by atoms with Crippen LogP contribution in [0.25, 0.3) is 11.3 Å². The summed E-state index contributed by atoms with van der Waals surface area (Å²) in [6, 6.07) is 7.48. The van der Waals surface area contributed by atoms with Crippen LogP contribution in [0.3, 0.4) is 0 Å². The van der Waals surface area contributed by atoms with E-state index in [9.17, 15) is 4.79 Å². The van der Waals surface area contributed by atoms with Crippen molar-refractivity contribution in [1.29, 1.82) is 0 Å². The fourth-order valence-corrected chi connectivity index (χ4v) is 2.48. The Morgan fingerprint density at radius 3 is 2.71 bits per heavy atom. The molecule has 0 bridgehead atoms. The number of nitrogens with zero attached hydrogens (tertiary/aromatic N) is 1. The standard InChI is InChI=1S/C10H6N2OS/c11-10-12-7-5-3-1-2-4-6(5)8(13)9(7)14-10/h1-4H,(H2,11,12). The lowest BCUT2D eigenvalue weighted by atomic mass is 10.1. The van der Waals surface area contributed by atoms with Crippen molar-refractivity contribution in [2.24, 2.45) is 0 Å². The van der Waals surface area contributed by atoms with Gasteiger partial charge in [-0.25, -0.2) is 4.98 Å². The van der Waals surface area contributed by atoms with Crippen LogP contribution in [0.5, 0.6) is 0 Å². The Balaban J connectivity index is 2.39. The predicted molar refractivity (Wildman–Crippen MR) is 55.4 cm³/mol. The predicted octanol–water partition coefficient (Wildman–Crippen LogP) is 1.94. The van der Waals surface area contributed by atoms with Gasteiger partial charge in [0, 0.05) is 11.1 Å². The van der Waals surface area contributed by atoms with Gasteiger partial charge in [0.25, 0.3) is 0 Å². The van der Waals surface area contributed by atoms with Crippen molar-refractivity contribution < 1.29 is 4.79 Å². The summed E-state index contributed by atoms with van der Waals surface area (Å²) in [4.78, 5) is 16.6. The van der Waals surface area contributed by atoms with E-state index in [4.69, 9.17) is 5.73 Å². The number of benzene rings is 1. The molecule has 1 aliphatic carbocycles. The minimum absolute atomic E-state index is 0.0461. The molecule has 0 saturated carbocycles. The van der Waals surface area contributed by atoms with Crippen molar-refractivity contribution in [2.75, 3.05) is 5.73 Å². The second-order valence-corrected chi connectivity index (χ2v) is 4.14. The van der Waals surface area contributed by atoms with E-state index in [1.807, 2.05) is 24.3 Å². The fourth-order valence-electron chi connectivity index (χ4n) is 1.68. The number of carbonyl (C=O) groups is 1. The van der Waals surface area contributed by atoms with Gasteiger partial charge >= 0.3 is 0 Å². The number of hydrogen-bond acceptors (Lipinski definition) is 4. The second kappa shape index (κ2) is 2.42.